The minimum Gasteiger partial charge on any atom is -0.492 e. The number of nitrogens with two attached hydrogens (primary N) is 1. The van der Waals surface area contributed by atoms with E-state index in [1.165, 1.54) is 63.7 Å². The minimum atomic E-state index is 0.544. The highest BCUT2D eigenvalue weighted by Crippen LogP contribution is 2.21. The zero-order valence-electron chi connectivity index (χ0n) is 15.0. The normalized spacial score (nSPS) is 23.3. The second kappa shape index (κ2) is 9.40. The van der Waals surface area contributed by atoms with Crippen LogP contribution in [0.3, 0.4) is 0 Å². The van der Waals surface area contributed by atoms with Crippen LogP contribution in [0.2, 0.25) is 0 Å². The Morgan fingerprint density at radius 2 is 1.88 bits per heavy atom. The molecule has 4 nitrogen and oxygen atoms in total. The van der Waals surface area contributed by atoms with Crippen LogP contribution in [0.4, 0.5) is 0 Å². The van der Waals surface area contributed by atoms with Crippen LogP contribution in [0.5, 0.6) is 5.75 Å². The first-order valence-electron chi connectivity index (χ1n) is 9.73. The lowest BCUT2D eigenvalue weighted by atomic mass is 10.0. The molecule has 2 fully saturated rings. The van der Waals surface area contributed by atoms with Crippen molar-refractivity contribution in [2.75, 3.05) is 39.3 Å². The molecule has 0 amide bonds. The summed E-state index contributed by atoms with van der Waals surface area (Å²) in [6.07, 6.45) is 7.92. The van der Waals surface area contributed by atoms with Gasteiger partial charge in [-0.05, 0) is 63.0 Å². The van der Waals surface area contributed by atoms with Gasteiger partial charge in [-0.15, -0.1) is 0 Å². The van der Waals surface area contributed by atoms with Crippen molar-refractivity contribution in [1.29, 1.82) is 0 Å². The van der Waals surface area contributed by atoms with E-state index < -0.39 is 0 Å². The van der Waals surface area contributed by atoms with Gasteiger partial charge < -0.3 is 10.5 Å². The molecular formula is C20H33N3O. The predicted molar refractivity (Wildman–Crippen MR) is 99.3 cm³/mol. The molecular weight excluding hydrogens is 298 g/mol. The molecule has 1 aromatic rings. The number of likely N-dealkylation sites (tertiary alicyclic amines) is 2. The van der Waals surface area contributed by atoms with Gasteiger partial charge in [-0.2, -0.15) is 0 Å². The quantitative estimate of drug-likeness (QED) is 0.834. The van der Waals surface area contributed by atoms with E-state index in [9.17, 15) is 0 Å². The summed E-state index contributed by atoms with van der Waals surface area (Å²) < 4.78 is 6.01. The fraction of sp³-hybridized carbons (Fsp3) is 0.700. The zero-order chi connectivity index (χ0) is 16.6. The third-order valence-corrected chi connectivity index (χ3v) is 5.43. The van der Waals surface area contributed by atoms with Crippen LogP contribution in [-0.2, 0) is 6.54 Å². The molecule has 24 heavy (non-hydrogen) atoms. The lowest BCUT2D eigenvalue weighted by molar-refractivity contribution is 0.144. The lowest BCUT2D eigenvalue weighted by Crippen LogP contribution is -2.43. The largest absolute Gasteiger partial charge is 0.492 e. The number of nitrogens with zero attached hydrogens (tertiary/aromatic N) is 2. The summed E-state index contributed by atoms with van der Waals surface area (Å²) in [4.78, 5) is 5.06. The first-order valence-corrected chi connectivity index (χ1v) is 9.73. The van der Waals surface area contributed by atoms with Crippen molar-refractivity contribution in [3.63, 3.8) is 0 Å². The lowest BCUT2D eigenvalue weighted by Gasteiger charge is -2.35. The van der Waals surface area contributed by atoms with Gasteiger partial charge in [0, 0.05) is 25.7 Å². The Kier molecular flexibility index (Phi) is 6.94. The van der Waals surface area contributed by atoms with Gasteiger partial charge in [0.15, 0.2) is 0 Å². The number of hydrogen-bond donors (Lipinski definition) is 1. The van der Waals surface area contributed by atoms with Crippen LogP contribution in [0, 0.1) is 0 Å². The molecule has 3 rings (SSSR count). The molecule has 0 radical (unpaired) electrons. The molecule has 0 spiro atoms. The third kappa shape index (κ3) is 5.20. The number of piperidine rings is 2. The van der Waals surface area contributed by atoms with Crippen molar-refractivity contribution >= 4 is 0 Å². The van der Waals surface area contributed by atoms with Gasteiger partial charge in [-0.25, -0.2) is 0 Å². The molecule has 2 heterocycles. The Labute approximate surface area is 147 Å². The van der Waals surface area contributed by atoms with Crippen LogP contribution in [0.15, 0.2) is 24.3 Å². The molecule has 1 aromatic carbocycles. The summed E-state index contributed by atoms with van der Waals surface area (Å²) in [5, 5.41) is 0. The van der Waals surface area contributed by atoms with Crippen molar-refractivity contribution in [3.8, 4) is 5.75 Å². The maximum absolute atomic E-state index is 6.01. The van der Waals surface area contributed by atoms with Crippen LogP contribution in [-0.4, -0.2) is 55.2 Å². The van der Waals surface area contributed by atoms with Gasteiger partial charge in [0.1, 0.15) is 12.4 Å². The van der Waals surface area contributed by atoms with Crippen molar-refractivity contribution in [3.05, 3.63) is 29.8 Å². The van der Waals surface area contributed by atoms with Gasteiger partial charge in [0.2, 0.25) is 0 Å². The zero-order valence-corrected chi connectivity index (χ0v) is 15.0. The Morgan fingerprint density at radius 1 is 1.04 bits per heavy atom. The van der Waals surface area contributed by atoms with Crippen molar-refractivity contribution in [2.45, 2.75) is 51.1 Å². The fourth-order valence-corrected chi connectivity index (χ4v) is 3.98. The van der Waals surface area contributed by atoms with E-state index >= 15 is 0 Å². The molecule has 2 N–H and O–H groups in total. The Morgan fingerprint density at radius 3 is 2.71 bits per heavy atom. The third-order valence-electron chi connectivity index (χ3n) is 5.43. The molecule has 0 aromatic heterocycles. The summed E-state index contributed by atoms with van der Waals surface area (Å²) in [5.74, 6) is 1.01. The highest BCUT2D eigenvalue weighted by Gasteiger charge is 2.21. The Hall–Kier alpha value is -1.10. The van der Waals surface area contributed by atoms with E-state index in [4.69, 9.17) is 10.5 Å². The average Bonchev–Trinajstić information content (AvgIpc) is 2.63. The molecule has 0 aliphatic carbocycles. The van der Waals surface area contributed by atoms with Crippen LogP contribution in [0.1, 0.15) is 44.1 Å². The van der Waals surface area contributed by atoms with E-state index in [0.717, 1.165) is 32.0 Å². The summed E-state index contributed by atoms with van der Waals surface area (Å²) in [6, 6.07) is 9.16. The van der Waals surface area contributed by atoms with Gasteiger partial charge in [-0.3, -0.25) is 9.80 Å². The second-order valence-electron chi connectivity index (χ2n) is 7.25. The first-order chi connectivity index (χ1) is 11.8. The maximum Gasteiger partial charge on any atom is 0.119 e. The molecule has 2 aliphatic rings. The van der Waals surface area contributed by atoms with E-state index in [2.05, 4.69) is 34.1 Å². The number of rotatable bonds is 7. The molecule has 0 saturated carbocycles. The molecule has 134 valence electrons. The fourth-order valence-electron chi connectivity index (χ4n) is 3.98. The molecule has 1 atom stereocenters. The number of hydrogen-bond acceptors (Lipinski definition) is 4. The smallest absolute Gasteiger partial charge is 0.119 e. The van der Waals surface area contributed by atoms with Crippen LogP contribution < -0.4 is 10.5 Å². The number of ether oxygens (including phenoxy) is 1. The van der Waals surface area contributed by atoms with Crippen molar-refractivity contribution in [2.24, 2.45) is 5.73 Å². The Balaban J connectivity index is 1.48. The van der Waals surface area contributed by atoms with Crippen LogP contribution in [0.25, 0.3) is 0 Å². The standard InChI is InChI=1S/C20H33N3O/c21-16-19-8-2-5-12-23(19)17-18-7-6-9-20(15-18)24-14-13-22-10-3-1-4-11-22/h6-7,9,15,19H,1-5,8,10-14,16-17,21H2. The molecule has 0 bridgehead atoms. The van der Waals surface area contributed by atoms with Crippen molar-refractivity contribution < 1.29 is 4.74 Å². The SMILES string of the molecule is NCC1CCCCN1Cc1cccc(OCCN2CCCCC2)c1. The highest BCUT2D eigenvalue weighted by atomic mass is 16.5. The maximum atomic E-state index is 6.01. The van der Waals surface area contributed by atoms with Gasteiger partial charge in [0.05, 0.1) is 0 Å². The van der Waals surface area contributed by atoms with Gasteiger partial charge in [-0.1, -0.05) is 25.0 Å². The Bertz CT molecular complexity index is 488. The minimum absolute atomic E-state index is 0.544. The van der Waals surface area contributed by atoms with E-state index in [1.54, 1.807) is 0 Å². The second-order valence-corrected chi connectivity index (χ2v) is 7.25. The average molecular weight is 332 g/mol. The predicted octanol–water partition coefficient (Wildman–Crippen LogP) is 2.86. The first kappa shape index (κ1) is 17.7. The highest BCUT2D eigenvalue weighted by molar-refractivity contribution is 5.28. The van der Waals surface area contributed by atoms with Gasteiger partial charge >= 0.3 is 0 Å². The topological polar surface area (TPSA) is 41.7 Å². The van der Waals surface area contributed by atoms with Gasteiger partial charge in [0.25, 0.3) is 0 Å². The summed E-state index contributed by atoms with van der Waals surface area (Å²) >= 11 is 0. The van der Waals surface area contributed by atoms with Crippen LogP contribution >= 0.6 is 0 Å². The monoisotopic (exact) mass is 331 g/mol. The summed E-state index contributed by atoms with van der Waals surface area (Å²) in [5.41, 5.74) is 7.28. The number of benzene rings is 1. The van der Waals surface area contributed by atoms with E-state index in [1.807, 2.05) is 0 Å². The summed E-state index contributed by atoms with van der Waals surface area (Å²) in [7, 11) is 0. The molecule has 4 heteroatoms. The van der Waals surface area contributed by atoms with E-state index in [0.29, 0.717) is 6.04 Å². The van der Waals surface area contributed by atoms with E-state index in [-0.39, 0.29) is 0 Å². The molecule has 2 saturated heterocycles. The van der Waals surface area contributed by atoms with Crippen molar-refractivity contribution in [1.82, 2.24) is 9.80 Å². The molecule has 2 aliphatic heterocycles. The summed E-state index contributed by atoms with van der Waals surface area (Å²) in [6.45, 7) is 7.24. The molecule has 1 unspecified atom stereocenters.